The monoisotopic (exact) mass is 648 g/mol. The third kappa shape index (κ3) is 5.09. The second kappa shape index (κ2) is 10.7. The summed E-state index contributed by atoms with van der Waals surface area (Å²) in [6.45, 7) is 3.49. The number of ketones is 1. The van der Waals surface area contributed by atoms with Gasteiger partial charge in [-0.2, -0.15) is 27.7 Å². The van der Waals surface area contributed by atoms with E-state index in [0.29, 0.717) is 41.6 Å². The van der Waals surface area contributed by atoms with Gasteiger partial charge >= 0.3 is 6.18 Å². The van der Waals surface area contributed by atoms with Crippen LogP contribution in [-0.2, 0) is 29.7 Å². The number of halogens is 4. The van der Waals surface area contributed by atoms with Crippen LogP contribution in [0.25, 0.3) is 11.8 Å². The number of allylic oxidation sites excluding steroid dienone is 1. The van der Waals surface area contributed by atoms with E-state index in [9.17, 15) is 30.8 Å². The van der Waals surface area contributed by atoms with Crippen molar-refractivity contribution in [2.45, 2.75) is 62.7 Å². The molecule has 0 N–H and O–H groups in total. The van der Waals surface area contributed by atoms with E-state index in [-0.39, 0.29) is 34.1 Å². The van der Waals surface area contributed by atoms with Crippen LogP contribution in [0.5, 0.6) is 0 Å². The summed E-state index contributed by atoms with van der Waals surface area (Å²) in [6.07, 6.45) is 2.89. The fraction of sp³-hybridized carbons (Fsp3) is 0.379. The number of hydrogen-bond acceptors (Lipinski definition) is 7. The predicted octanol–water partition coefficient (Wildman–Crippen LogP) is 5.68. The summed E-state index contributed by atoms with van der Waals surface area (Å²) in [5.74, 6) is -0.995. The van der Waals surface area contributed by atoms with E-state index >= 15 is 0 Å². The molecule has 2 aliphatic carbocycles. The molecule has 232 valence electrons. The zero-order valence-electron chi connectivity index (χ0n) is 23.9. The highest BCUT2D eigenvalue weighted by molar-refractivity contribution is 7.89. The van der Waals surface area contributed by atoms with Crippen molar-refractivity contribution < 1.29 is 30.8 Å². The highest BCUT2D eigenvalue weighted by atomic mass is 32.2. The van der Waals surface area contributed by atoms with Crippen molar-refractivity contribution in [3.8, 4) is 5.69 Å². The van der Waals surface area contributed by atoms with Crippen molar-refractivity contribution in [2.24, 2.45) is 12.5 Å². The summed E-state index contributed by atoms with van der Waals surface area (Å²) in [6, 6.07) is 4.63. The number of nitrogens with zero attached hydrogens (tertiary/aromatic N) is 6. The largest absolute Gasteiger partial charge is 0.427 e. The van der Waals surface area contributed by atoms with Gasteiger partial charge in [-0.05, 0) is 75.4 Å². The molecule has 3 aromatic heterocycles. The number of carbonyl (C=O) groups is 1. The van der Waals surface area contributed by atoms with Crippen molar-refractivity contribution in [3.05, 3.63) is 81.6 Å². The summed E-state index contributed by atoms with van der Waals surface area (Å²) in [5, 5.41) is 8.21. The van der Waals surface area contributed by atoms with Crippen molar-refractivity contribution in [1.82, 2.24) is 28.9 Å². The lowest BCUT2D eigenvalue weighted by Crippen LogP contribution is -2.52. The van der Waals surface area contributed by atoms with Crippen LogP contribution in [0, 0.1) is 11.2 Å². The average molecular weight is 649 g/mol. The van der Waals surface area contributed by atoms with Gasteiger partial charge in [0.2, 0.25) is 15.8 Å². The molecule has 0 amide bonds. The Balaban J connectivity index is 1.45. The molecule has 1 aromatic carbocycles. The molecule has 4 aromatic rings. The van der Waals surface area contributed by atoms with Gasteiger partial charge in [-0.1, -0.05) is 5.57 Å². The average Bonchev–Trinajstić information content (AvgIpc) is 3.71. The number of fused-ring (bicyclic) bond motifs is 2. The molecule has 1 saturated carbocycles. The minimum Gasteiger partial charge on any atom is -0.290 e. The first-order chi connectivity index (χ1) is 20.7. The molecule has 0 saturated heterocycles. The molecule has 1 fully saturated rings. The molecule has 0 radical (unpaired) electrons. The minimum atomic E-state index is -4.66. The molecular weight excluding hydrogens is 620 g/mol. The summed E-state index contributed by atoms with van der Waals surface area (Å²) in [5.41, 5.74) is 1.24. The fourth-order valence-electron chi connectivity index (χ4n) is 6.35. The van der Waals surface area contributed by atoms with Crippen LogP contribution < -0.4 is 0 Å². The van der Waals surface area contributed by atoms with E-state index in [1.165, 1.54) is 33.5 Å². The van der Waals surface area contributed by atoms with E-state index in [2.05, 4.69) is 15.2 Å². The molecule has 15 heteroatoms. The van der Waals surface area contributed by atoms with Gasteiger partial charge in [-0.25, -0.2) is 22.5 Å². The van der Waals surface area contributed by atoms with Crippen molar-refractivity contribution in [2.75, 3.05) is 0 Å². The van der Waals surface area contributed by atoms with Crippen LogP contribution in [0.15, 0.2) is 59.5 Å². The number of hydrogen-bond donors (Lipinski definition) is 0. The summed E-state index contributed by atoms with van der Waals surface area (Å²) in [4.78, 5) is 17.3. The fourth-order valence-corrected chi connectivity index (χ4v) is 9.01. The van der Waals surface area contributed by atoms with Crippen molar-refractivity contribution in [3.63, 3.8) is 0 Å². The van der Waals surface area contributed by atoms with Crippen LogP contribution in [0.1, 0.15) is 59.0 Å². The molecule has 3 heterocycles. The normalized spacial score (nSPS) is 20.5. The Hall–Kier alpha value is -3.69. The molecule has 0 bridgehead atoms. The maximum absolute atomic E-state index is 14.4. The van der Waals surface area contributed by atoms with Crippen molar-refractivity contribution >= 4 is 33.2 Å². The van der Waals surface area contributed by atoms with Gasteiger partial charge in [0.1, 0.15) is 15.6 Å². The third-order valence-corrected chi connectivity index (χ3v) is 11.4. The smallest absolute Gasteiger partial charge is 0.290 e. The Morgan fingerprint density at radius 3 is 2.48 bits per heavy atom. The van der Waals surface area contributed by atoms with Crippen LogP contribution in [0.4, 0.5) is 17.6 Å². The van der Waals surface area contributed by atoms with Gasteiger partial charge in [0.05, 0.1) is 35.4 Å². The van der Waals surface area contributed by atoms with E-state index in [1.807, 2.05) is 6.08 Å². The van der Waals surface area contributed by atoms with Gasteiger partial charge in [-0.15, -0.1) is 11.3 Å². The Morgan fingerprint density at radius 2 is 1.86 bits per heavy atom. The number of aromatic nitrogens is 5. The van der Waals surface area contributed by atoms with Gasteiger partial charge in [-0.3, -0.25) is 9.48 Å². The molecule has 9 nitrogen and oxygen atoms in total. The standard InChI is InChI=1S/C29H28F4N6O3S2/c1-17(2)39(44(41,42)23-14-35-37(3)16-23)22-7-4-19-10-24-18(13-36-38(24)21-8-5-20(30)6-9-21)11-28(19,12-22)26(40)27-34-15-25(43-27)29(31,32)33/h5-6,8-10,13-17,22H,4,7,11-12H2,1-3H3/t22-,28-/m0/s1. The van der Waals surface area contributed by atoms with Crippen molar-refractivity contribution in [1.29, 1.82) is 0 Å². The number of benzene rings is 1. The van der Waals surface area contributed by atoms with Crippen LogP contribution in [-0.4, -0.2) is 55.1 Å². The topological polar surface area (TPSA) is 103 Å². The maximum atomic E-state index is 14.4. The Bertz CT molecular complexity index is 1870. The minimum absolute atomic E-state index is 0.0108. The van der Waals surface area contributed by atoms with Gasteiger partial charge in [0.15, 0.2) is 5.01 Å². The molecule has 0 spiro atoms. The van der Waals surface area contributed by atoms with Gasteiger partial charge < -0.3 is 0 Å². The summed E-state index contributed by atoms with van der Waals surface area (Å²) >= 11 is 0.286. The molecule has 2 atom stereocenters. The Morgan fingerprint density at radius 1 is 1.14 bits per heavy atom. The lowest BCUT2D eigenvalue weighted by Gasteiger charge is -2.47. The van der Waals surface area contributed by atoms with E-state index in [0.717, 1.165) is 0 Å². The molecule has 44 heavy (non-hydrogen) atoms. The molecular formula is C29H28F4N6O3S2. The van der Waals surface area contributed by atoms with Gasteiger partial charge in [0, 0.05) is 25.3 Å². The molecule has 0 aliphatic heterocycles. The zero-order chi connectivity index (χ0) is 31.6. The Labute approximate surface area is 254 Å². The van der Waals surface area contributed by atoms with E-state index in [1.54, 1.807) is 43.9 Å². The highest BCUT2D eigenvalue weighted by Crippen LogP contribution is 2.52. The summed E-state index contributed by atoms with van der Waals surface area (Å²) in [7, 11) is -2.42. The number of carbonyl (C=O) groups excluding carboxylic acids is 1. The van der Waals surface area contributed by atoms with Crippen LogP contribution >= 0.6 is 11.3 Å². The van der Waals surface area contributed by atoms with Crippen LogP contribution in [0.3, 0.4) is 0 Å². The SMILES string of the molecule is CC(C)N([C@H]1CCC2=Cc3c(cnn3-c3ccc(F)cc3)C[C@]2(C(=O)c2ncc(C(F)(F)F)s2)C1)S(=O)(=O)c1cnn(C)c1. The second-order valence-electron chi connectivity index (χ2n) is 11.4. The lowest BCUT2D eigenvalue weighted by atomic mass is 9.61. The van der Waals surface area contributed by atoms with E-state index < -0.39 is 50.2 Å². The Kier molecular flexibility index (Phi) is 7.40. The van der Waals surface area contributed by atoms with E-state index in [4.69, 9.17) is 0 Å². The number of sulfonamides is 1. The number of rotatable bonds is 7. The number of Topliss-reactive ketones (excluding diaryl/α,β-unsaturated/α-hetero) is 1. The first-order valence-electron chi connectivity index (χ1n) is 13.8. The lowest BCUT2D eigenvalue weighted by molar-refractivity contribution is -0.134. The van der Waals surface area contributed by atoms with Gasteiger partial charge in [0.25, 0.3) is 0 Å². The second-order valence-corrected chi connectivity index (χ2v) is 14.3. The van der Waals surface area contributed by atoms with Crippen LogP contribution in [0.2, 0.25) is 0 Å². The summed E-state index contributed by atoms with van der Waals surface area (Å²) < 4.78 is 86.3. The first-order valence-corrected chi connectivity index (χ1v) is 16.1. The molecule has 0 unspecified atom stereocenters. The first kappa shape index (κ1) is 30.3. The predicted molar refractivity (Wildman–Crippen MR) is 154 cm³/mol. The zero-order valence-corrected chi connectivity index (χ0v) is 25.5. The molecule has 2 aliphatic rings. The maximum Gasteiger partial charge on any atom is 0.427 e. The number of alkyl halides is 3. The molecule has 6 rings (SSSR count). The third-order valence-electron chi connectivity index (χ3n) is 8.25. The quantitative estimate of drug-likeness (QED) is 0.189. The number of aryl methyl sites for hydroxylation is 1. The number of thiazole rings is 1. The highest BCUT2D eigenvalue weighted by Gasteiger charge is 2.53.